The molecular weight excluding hydrogens is 168 g/mol. The number of Topliss-reactive ketones (excluding diaryl/α,β-unsaturated/α-hetero) is 1. The molecule has 4 heteroatoms. The average molecular weight is 180 g/mol. The Balaban J connectivity index is -0.0000000600. The Labute approximate surface area is 76.7 Å². The minimum Gasteiger partial charge on any atom is -2.00 e. The van der Waals surface area contributed by atoms with E-state index in [2.05, 4.69) is 0 Å². The zero-order valence-corrected chi connectivity index (χ0v) is 8.07. The molecule has 0 saturated carbocycles. The van der Waals surface area contributed by atoms with Gasteiger partial charge in [0.1, 0.15) is 5.78 Å². The predicted molar refractivity (Wildman–Crippen MR) is 31.5 cm³/mol. The van der Waals surface area contributed by atoms with Crippen molar-refractivity contribution in [1.29, 1.82) is 0 Å². The summed E-state index contributed by atoms with van der Waals surface area (Å²) in [6, 6.07) is 0. The van der Waals surface area contributed by atoms with E-state index in [1.165, 1.54) is 0 Å². The number of hydrogen-bond donors (Lipinski definition) is 0. The smallest absolute Gasteiger partial charge is 2.00 e. The van der Waals surface area contributed by atoms with E-state index >= 15 is 0 Å². The van der Waals surface area contributed by atoms with E-state index in [1.807, 2.05) is 13.8 Å². The zero-order valence-electron chi connectivity index (χ0n) is 6.51. The van der Waals surface area contributed by atoms with Gasteiger partial charge in [-0.05, 0) is 12.8 Å². The quantitative estimate of drug-likeness (QED) is 0.591. The summed E-state index contributed by atoms with van der Waals surface area (Å²) in [4.78, 5) is 10.3. The zero-order chi connectivity index (χ0) is 5.86. The van der Waals surface area contributed by atoms with Crippen molar-refractivity contribution in [3.8, 4) is 0 Å². The van der Waals surface area contributed by atoms with E-state index in [-0.39, 0.29) is 38.5 Å². The molecule has 0 fully saturated rings. The van der Waals surface area contributed by atoms with Crippen LogP contribution in [0.2, 0.25) is 0 Å². The number of carbonyl (C=O) groups is 1. The van der Waals surface area contributed by atoms with E-state index in [0.717, 1.165) is 6.42 Å². The molecule has 0 N–H and O–H groups in total. The standard InChI is InChI=1S/C6H12O.2O.Ti/c1-5(2)4-6(3)7;;;/h5H,4H2,1-3H3;;;/q;2*-2;+4. The summed E-state index contributed by atoms with van der Waals surface area (Å²) in [6.45, 7) is 5.71. The number of ketones is 1. The summed E-state index contributed by atoms with van der Waals surface area (Å²) in [5.74, 6) is 0.813. The van der Waals surface area contributed by atoms with Crippen molar-refractivity contribution < 1.29 is 37.5 Å². The number of rotatable bonds is 2. The van der Waals surface area contributed by atoms with Gasteiger partial charge in [0.25, 0.3) is 0 Å². The van der Waals surface area contributed by atoms with E-state index < -0.39 is 0 Å². The monoisotopic (exact) mass is 180 g/mol. The van der Waals surface area contributed by atoms with Crippen molar-refractivity contribution in [2.45, 2.75) is 27.2 Å². The van der Waals surface area contributed by atoms with Crippen molar-refractivity contribution in [3.05, 3.63) is 0 Å². The maximum Gasteiger partial charge on any atom is 4.00 e. The Hall–Kier alpha value is 0.304. The Bertz CT molecular complexity index is 73.4. The van der Waals surface area contributed by atoms with Gasteiger partial charge in [0, 0.05) is 6.42 Å². The first-order valence-corrected chi connectivity index (χ1v) is 2.62. The minimum absolute atomic E-state index is 0. The van der Waals surface area contributed by atoms with Gasteiger partial charge in [-0.25, -0.2) is 0 Å². The first kappa shape index (κ1) is 22.4. The summed E-state index contributed by atoms with van der Waals surface area (Å²) < 4.78 is 0. The van der Waals surface area contributed by atoms with E-state index in [4.69, 9.17) is 0 Å². The van der Waals surface area contributed by atoms with Crippen LogP contribution >= 0.6 is 0 Å². The van der Waals surface area contributed by atoms with Crippen LogP contribution < -0.4 is 0 Å². The third kappa shape index (κ3) is 23.9. The maximum atomic E-state index is 10.3. The summed E-state index contributed by atoms with van der Waals surface area (Å²) >= 11 is 0. The van der Waals surface area contributed by atoms with Crippen LogP contribution in [0, 0.1) is 5.92 Å². The summed E-state index contributed by atoms with van der Waals surface area (Å²) in [5.41, 5.74) is 0. The summed E-state index contributed by atoms with van der Waals surface area (Å²) in [5, 5.41) is 0. The maximum absolute atomic E-state index is 10.3. The number of hydrogen-bond acceptors (Lipinski definition) is 1. The van der Waals surface area contributed by atoms with Gasteiger partial charge in [0.05, 0.1) is 0 Å². The van der Waals surface area contributed by atoms with Gasteiger partial charge in [-0.1, -0.05) is 13.8 Å². The van der Waals surface area contributed by atoms with Gasteiger partial charge >= 0.3 is 21.7 Å². The second-order valence-electron chi connectivity index (χ2n) is 2.30. The molecule has 0 aliphatic carbocycles. The minimum atomic E-state index is 0. The fourth-order valence-corrected chi connectivity index (χ4v) is 0.575. The van der Waals surface area contributed by atoms with Gasteiger partial charge in [0.2, 0.25) is 0 Å². The van der Waals surface area contributed by atoms with Crippen LogP contribution in [0.4, 0.5) is 0 Å². The molecule has 0 aromatic heterocycles. The van der Waals surface area contributed by atoms with E-state index in [1.54, 1.807) is 6.92 Å². The molecule has 0 radical (unpaired) electrons. The van der Waals surface area contributed by atoms with Crippen molar-refractivity contribution >= 4 is 5.78 Å². The van der Waals surface area contributed by atoms with Crippen LogP contribution in [0.3, 0.4) is 0 Å². The van der Waals surface area contributed by atoms with Crippen molar-refractivity contribution in [2.75, 3.05) is 0 Å². The normalized spacial score (nSPS) is 6.80. The molecule has 0 rings (SSSR count). The molecule has 0 aliphatic rings. The second-order valence-corrected chi connectivity index (χ2v) is 2.30. The van der Waals surface area contributed by atoms with Gasteiger partial charge in [0.15, 0.2) is 0 Å². The molecule has 0 saturated heterocycles. The molecule has 0 aromatic rings. The SMILES string of the molecule is CC(=O)CC(C)C.[O-2].[O-2].[Ti+4]. The van der Waals surface area contributed by atoms with Crippen LogP contribution in [-0.2, 0) is 37.5 Å². The first-order chi connectivity index (χ1) is 3.13. The van der Waals surface area contributed by atoms with Gasteiger partial charge in [-0.3, -0.25) is 0 Å². The van der Waals surface area contributed by atoms with Crippen molar-refractivity contribution in [2.24, 2.45) is 5.92 Å². The third-order valence-electron chi connectivity index (χ3n) is 0.696. The Morgan fingerprint density at radius 2 is 1.60 bits per heavy atom. The van der Waals surface area contributed by atoms with Crippen LogP contribution in [0.25, 0.3) is 0 Å². The molecule has 58 valence electrons. The molecule has 0 heterocycles. The van der Waals surface area contributed by atoms with Gasteiger partial charge < -0.3 is 15.7 Å². The second kappa shape index (κ2) is 12.0. The van der Waals surface area contributed by atoms with Crippen LogP contribution in [0.15, 0.2) is 0 Å². The third-order valence-corrected chi connectivity index (χ3v) is 0.696. The molecule has 0 amide bonds. The first-order valence-electron chi connectivity index (χ1n) is 2.62. The molecule has 3 nitrogen and oxygen atoms in total. The fraction of sp³-hybridized carbons (Fsp3) is 0.833. The average Bonchev–Trinajstić information content (AvgIpc) is 1.27. The van der Waals surface area contributed by atoms with Crippen molar-refractivity contribution in [3.63, 3.8) is 0 Å². The molecule has 0 aliphatic heterocycles. The predicted octanol–water partition coefficient (Wildman–Crippen LogP) is 1.38. The number of carbonyl (C=O) groups excluding carboxylic acids is 1. The molecule has 0 spiro atoms. The van der Waals surface area contributed by atoms with Gasteiger partial charge in [-0.15, -0.1) is 0 Å². The summed E-state index contributed by atoms with van der Waals surface area (Å²) in [7, 11) is 0. The van der Waals surface area contributed by atoms with Crippen LogP contribution in [-0.4, -0.2) is 5.78 Å². The Kier molecular flexibility index (Phi) is 27.0. The van der Waals surface area contributed by atoms with Crippen LogP contribution in [0.1, 0.15) is 27.2 Å². The molecular formula is C6H12O3Ti. The molecule has 0 aromatic carbocycles. The molecule has 0 bridgehead atoms. The Morgan fingerprint density at radius 1 is 1.30 bits per heavy atom. The van der Waals surface area contributed by atoms with Crippen molar-refractivity contribution in [1.82, 2.24) is 0 Å². The fourth-order valence-electron chi connectivity index (χ4n) is 0.575. The molecule has 0 unspecified atom stereocenters. The van der Waals surface area contributed by atoms with E-state index in [0.29, 0.717) is 5.92 Å². The summed E-state index contributed by atoms with van der Waals surface area (Å²) in [6.07, 6.45) is 0.722. The Morgan fingerprint density at radius 3 is 1.60 bits per heavy atom. The van der Waals surface area contributed by atoms with Crippen LogP contribution in [0.5, 0.6) is 0 Å². The van der Waals surface area contributed by atoms with Gasteiger partial charge in [-0.2, -0.15) is 0 Å². The van der Waals surface area contributed by atoms with E-state index in [9.17, 15) is 4.79 Å². The topological polar surface area (TPSA) is 74.1 Å². The molecule has 0 atom stereocenters. The largest absolute Gasteiger partial charge is 4.00 e. The molecule has 10 heavy (non-hydrogen) atoms.